The topological polar surface area (TPSA) is 63.4 Å². The van der Waals surface area contributed by atoms with Gasteiger partial charge in [-0.05, 0) is 17.7 Å². The molecule has 0 aliphatic carbocycles. The van der Waals surface area contributed by atoms with Gasteiger partial charge in [-0.15, -0.1) is 13.2 Å². The van der Waals surface area contributed by atoms with Crippen LogP contribution in [0.1, 0.15) is 5.56 Å². The summed E-state index contributed by atoms with van der Waals surface area (Å²) in [5.74, 6) is -2.66. The van der Waals surface area contributed by atoms with Gasteiger partial charge < -0.3 is 5.73 Å². The Labute approximate surface area is 117 Å². The third-order valence-electron chi connectivity index (χ3n) is 2.57. The fourth-order valence-corrected chi connectivity index (χ4v) is 3.13. The fraction of sp³-hybridized carbons (Fsp3) is 0.231. The van der Waals surface area contributed by atoms with E-state index in [1.54, 1.807) is 0 Å². The maximum Gasteiger partial charge on any atom is 0.246 e. The van der Waals surface area contributed by atoms with E-state index < -0.39 is 26.6 Å². The second kappa shape index (κ2) is 6.74. The molecule has 0 saturated carbocycles. The maximum absolute atomic E-state index is 13.8. The monoisotopic (exact) mass is 302 g/mol. The number of rotatable bonds is 7. The summed E-state index contributed by atoms with van der Waals surface area (Å²) >= 11 is 0. The van der Waals surface area contributed by atoms with E-state index in [0.29, 0.717) is 0 Å². The molecule has 20 heavy (non-hydrogen) atoms. The van der Waals surface area contributed by atoms with Crippen molar-refractivity contribution < 1.29 is 17.2 Å². The highest BCUT2D eigenvalue weighted by atomic mass is 32.2. The summed E-state index contributed by atoms with van der Waals surface area (Å²) in [6, 6.07) is 1.91. The lowest BCUT2D eigenvalue weighted by Gasteiger charge is -2.20. The average molecular weight is 302 g/mol. The highest BCUT2D eigenvalue weighted by Gasteiger charge is 2.28. The minimum atomic E-state index is -4.19. The molecule has 0 fully saturated rings. The Bertz CT molecular complexity index is 605. The second-order valence-corrected chi connectivity index (χ2v) is 5.90. The van der Waals surface area contributed by atoms with Crippen molar-refractivity contribution >= 4 is 10.0 Å². The van der Waals surface area contributed by atoms with Crippen LogP contribution < -0.4 is 5.73 Å². The minimum Gasteiger partial charge on any atom is -0.326 e. The number of nitrogens with two attached hydrogens (primary N) is 1. The first-order valence-electron chi connectivity index (χ1n) is 5.78. The van der Waals surface area contributed by atoms with Crippen molar-refractivity contribution in [2.45, 2.75) is 11.4 Å². The van der Waals surface area contributed by atoms with Crippen LogP contribution in [0.15, 0.2) is 42.3 Å². The van der Waals surface area contributed by atoms with Gasteiger partial charge in [0.1, 0.15) is 4.90 Å². The smallest absolute Gasteiger partial charge is 0.246 e. The summed E-state index contributed by atoms with van der Waals surface area (Å²) in [6.45, 7) is 6.70. The molecule has 0 amide bonds. The lowest BCUT2D eigenvalue weighted by atomic mass is 10.2. The molecule has 0 heterocycles. The lowest BCUT2D eigenvalue weighted by Crippen LogP contribution is -2.32. The first-order chi connectivity index (χ1) is 9.38. The van der Waals surface area contributed by atoms with Crippen molar-refractivity contribution in [3.8, 4) is 0 Å². The Balaban J connectivity index is 3.43. The summed E-state index contributed by atoms with van der Waals surface area (Å²) in [4.78, 5) is -0.735. The van der Waals surface area contributed by atoms with Crippen LogP contribution >= 0.6 is 0 Å². The van der Waals surface area contributed by atoms with Gasteiger partial charge in [-0.1, -0.05) is 12.2 Å². The number of nitrogens with zero attached hydrogens (tertiary/aromatic N) is 1. The van der Waals surface area contributed by atoms with E-state index in [-0.39, 0.29) is 25.2 Å². The zero-order valence-corrected chi connectivity index (χ0v) is 11.7. The van der Waals surface area contributed by atoms with Gasteiger partial charge in [0.2, 0.25) is 10.0 Å². The normalized spacial score (nSPS) is 11.6. The van der Waals surface area contributed by atoms with Gasteiger partial charge in [-0.25, -0.2) is 17.2 Å². The predicted molar refractivity (Wildman–Crippen MR) is 73.4 cm³/mol. The summed E-state index contributed by atoms with van der Waals surface area (Å²) in [5, 5.41) is 0. The number of sulfonamides is 1. The second-order valence-electron chi connectivity index (χ2n) is 3.99. The molecule has 2 N–H and O–H groups in total. The number of hydrogen-bond acceptors (Lipinski definition) is 3. The van der Waals surface area contributed by atoms with E-state index in [1.165, 1.54) is 12.2 Å². The zero-order chi connectivity index (χ0) is 15.3. The molecule has 1 rings (SSSR count). The fourth-order valence-electron chi connectivity index (χ4n) is 1.62. The zero-order valence-electron chi connectivity index (χ0n) is 10.9. The van der Waals surface area contributed by atoms with Crippen LogP contribution in [-0.2, 0) is 16.6 Å². The Morgan fingerprint density at radius 3 is 2.20 bits per heavy atom. The molecule has 4 nitrogen and oxygen atoms in total. The molecular weight excluding hydrogens is 286 g/mol. The van der Waals surface area contributed by atoms with E-state index in [1.807, 2.05) is 0 Å². The maximum atomic E-state index is 13.8. The van der Waals surface area contributed by atoms with Crippen molar-refractivity contribution in [1.82, 2.24) is 4.31 Å². The minimum absolute atomic E-state index is 0.0394. The molecule has 0 aromatic heterocycles. The summed E-state index contributed by atoms with van der Waals surface area (Å²) < 4.78 is 52.8. The highest BCUT2D eigenvalue weighted by molar-refractivity contribution is 7.89. The van der Waals surface area contributed by atoms with E-state index in [2.05, 4.69) is 13.2 Å². The Hall–Kier alpha value is -1.57. The Morgan fingerprint density at radius 1 is 1.20 bits per heavy atom. The Morgan fingerprint density at radius 2 is 1.75 bits per heavy atom. The van der Waals surface area contributed by atoms with Crippen LogP contribution in [0.25, 0.3) is 0 Å². The van der Waals surface area contributed by atoms with Gasteiger partial charge in [0.25, 0.3) is 0 Å². The Kier molecular flexibility index (Phi) is 5.55. The third-order valence-corrected chi connectivity index (χ3v) is 4.40. The first kappa shape index (κ1) is 16.5. The molecule has 110 valence electrons. The molecule has 0 spiro atoms. The van der Waals surface area contributed by atoms with E-state index in [4.69, 9.17) is 5.73 Å². The van der Waals surface area contributed by atoms with E-state index in [0.717, 1.165) is 16.4 Å². The summed E-state index contributed by atoms with van der Waals surface area (Å²) in [7, 11) is -4.19. The van der Waals surface area contributed by atoms with Gasteiger partial charge in [0, 0.05) is 19.6 Å². The van der Waals surface area contributed by atoms with Crippen LogP contribution in [0.5, 0.6) is 0 Å². The average Bonchev–Trinajstić information content (AvgIpc) is 2.41. The molecule has 0 saturated heterocycles. The largest absolute Gasteiger partial charge is 0.326 e. The van der Waals surface area contributed by atoms with Crippen molar-refractivity contribution in [3.63, 3.8) is 0 Å². The van der Waals surface area contributed by atoms with Gasteiger partial charge in [0.15, 0.2) is 11.6 Å². The first-order valence-corrected chi connectivity index (χ1v) is 7.22. The van der Waals surface area contributed by atoms with Gasteiger partial charge in [0.05, 0.1) is 0 Å². The van der Waals surface area contributed by atoms with Crippen molar-refractivity contribution in [1.29, 1.82) is 0 Å². The van der Waals surface area contributed by atoms with Crippen LogP contribution in [0.2, 0.25) is 0 Å². The van der Waals surface area contributed by atoms with Gasteiger partial charge in [-0.2, -0.15) is 4.31 Å². The lowest BCUT2D eigenvalue weighted by molar-refractivity contribution is 0.451. The van der Waals surface area contributed by atoms with Crippen LogP contribution in [0.3, 0.4) is 0 Å². The van der Waals surface area contributed by atoms with Crippen LogP contribution in [0, 0.1) is 11.6 Å². The molecule has 1 aromatic rings. The molecule has 0 radical (unpaired) electrons. The molecule has 0 unspecified atom stereocenters. The molecule has 0 aliphatic heterocycles. The third kappa shape index (κ3) is 3.30. The number of benzene rings is 1. The van der Waals surface area contributed by atoms with E-state index in [9.17, 15) is 17.2 Å². The molecule has 0 atom stereocenters. The quantitative estimate of drug-likeness (QED) is 0.781. The van der Waals surface area contributed by atoms with Crippen LogP contribution in [0.4, 0.5) is 8.78 Å². The van der Waals surface area contributed by atoms with Crippen molar-refractivity contribution in [3.05, 3.63) is 54.6 Å². The van der Waals surface area contributed by atoms with Gasteiger partial charge >= 0.3 is 0 Å². The van der Waals surface area contributed by atoms with Gasteiger partial charge in [-0.3, -0.25) is 0 Å². The standard InChI is InChI=1S/C13H16F2N2O2S/c1-3-5-17(6-4-2)20(18,19)12-8-10(9-16)7-11(14)13(12)15/h3-4,7-8H,1-2,5-6,9,16H2. The molecule has 0 aliphatic rings. The SMILES string of the molecule is C=CCN(CC=C)S(=O)(=O)c1cc(CN)cc(F)c1F. The van der Waals surface area contributed by atoms with Crippen LogP contribution in [-0.4, -0.2) is 25.8 Å². The molecule has 0 bridgehead atoms. The van der Waals surface area contributed by atoms with Crippen molar-refractivity contribution in [2.24, 2.45) is 5.73 Å². The summed E-state index contributed by atoms with van der Waals surface area (Å²) in [6.07, 6.45) is 2.70. The van der Waals surface area contributed by atoms with Crippen molar-refractivity contribution in [2.75, 3.05) is 13.1 Å². The molecule has 1 aromatic carbocycles. The number of halogens is 2. The number of hydrogen-bond donors (Lipinski definition) is 1. The molecular formula is C13H16F2N2O2S. The molecule has 7 heteroatoms. The van der Waals surface area contributed by atoms with E-state index >= 15 is 0 Å². The highest BCUT2D eigenvalue weighted by Crippen LogP contribution is 2.23. The predicted octanol–water partition coefficient (Wildman–Crippen LogP) is 1.79. The summed E-state index contributed by atoms with van der Waals surface area (Å²) in [5.41, 5.74) is 5.54.